The maximum absolute atomic E-state index is 3.79. The van der Waals surface area contributed by atoms with Gasteiger partial charge in [-0.3, -0.25) is 0 Å². The largest absolute Gasteiger partial charge is 0.0622 e. The number of halogens is 2. The van der Waals surface area contributed by atoms with Gasteiger partial charge in [0.05, 0.1) is 8.81 Å². The molecule has 2 aromatic rings. The minimum atomic E-state index is -0.0646. The molecule has 1 spiro atoms. The number of rotatable bonds is 2. The fourth-order valence-electron chi connectivity index (χ4n) is 5.83. The second-order valence-electron chi connectivity index (χ2n) is 8.12. The summed E-state index contributed by atoms with van der Waals surface area (Å²) in [5.41, 5.74) is 4.80. The fourth-order valence-corrected chi connectivity index (χ4v) is 7.02. The van der Waals surface area contributed by atoms with Crippen molar-refractivity contribution in [3.05, 3.63) is 80.8 Å². The van der Waals surface area contributed by atoms with E-state index in [1.807, 2.05) is 0 Å². The summed E-state index contributed by atoms with van der Waals surface area (Å²) in [6.07, 6.45) is 0. The Kier molecular flexibility index (Phi) is 3.36. The van der Waals surface area contributed by atoms with Crippen molar-refractivity contribution in [2.24, 2.45) is 16.2 Å². The number of benzene rings is 2. The lowest BCUT2D eigenvalue weighted by Crippen LogP contribution is -2.16. The summed E-state index contributed by atoms with van der Waals surface area (Å²) in [4.78, 5) is 0. The van der Waals surface area contributed by atoms with Gasteiger partial charge >= 0.3 is 0 Å². The molecule has 0 unspecified atom stereocenters. The van der Waals surface area contributed by atoms with Crippen LogP contribution in [0.1, 0.15) is 38.8 Å². The molecule has 2 heteroatoms. The van der Waals surface area contributed by atoms with Crippen molar-refractivity contribution in [3.63, 3.8) is 0 Å². The summed E-state index contributed by atoms with van der Waals surface area (Å²) >= 11 is 7.57. The minimum Gasteiger partial charge on any atom is -0.0622 e. The first-order valence-electron chi connectivity index (χ1n) is 8.45. The fraction of sp³-hybridized carbons (Fsp3) is 0.364. The van der Waals surface area contributed by atoms with Crippen LogP contribution in [0.5, 0.6) is 0 Å². The van der Waals surface area contributed by atoms with Crippen LogP contribution in [0.25, 0.3) is 0 Å². The van der Waals surface area contributed by atoms with Gasteiger partial charge in [0.15, 0.2) is 0 Å². The molecule has 0 bridgehead atoms. The van der Waals surface area contributed by atoms with Gasteiger partial charge in [-0.15, -0.1) is 0 Å². The SMILES string of the molecule is CC1(C)C(C)(C)C12C(=C(Br)Br)C2(c1ccccc1)c1ccccc1. The molecule has 2 saturated carbocycles. The van der Waals surface area contributed by atoms with Gasteiger partial charge in [0.25, 0.3) is 0 Å². The lowest BCUT2D eigenvalue weighted by molar-refractivity contribution is 0.457. The quantitative estimate of drug-likeness (QED) is 0.464. The zero-order chi connectivity index (χ0) is 17.4. The highest BCUT2D eigenvalue weighted by atomic mass is 79.9. The zero-order valence-corrected chi connectivity index (χ0v) is 17.7. The van der Waals surface area contributed by atoms with Crippen molar-refractivity contribution in [1.82, 2.24) is 0 Å². The van der Waals surface area contributed by atoms with Crippen molar-refractivity contribution in [3.8, 4) is 0 Å². The third-order valence-electron chi connectivity index (χ3n) is 7.23. The molecule has 0 aromatic heterocycles. The number of hydrogen-bond acceptors (Lipinski definition) is 0. The molecule has 0 amide bonds. The van der Waals surface area contributed by atoms with Gasteiger partial charge in [-0.25, -0.2) is 0 Å². The van der Waals surface area contributed by atoms with Crippen LogP contribution in [-0.2, 0) is 5.41 Å². The molecule has 2 fully saturated rings. The summed E-state index contributed by atoms with van der Waals surface area (Å²) in [5, 5.41) is 0. The average Bonchev–Trinajstić information content (AvgIpc) is 3.34. The Bertz CT molecular complexity index is 771. The van der Waals surface area contributed by atoms with E-state index in [-0.39, 0.29) is 21.7 Å². The summed E-state index contributed by atoms with van der Waals surface area (Å²) < 4.78 is 1.11. The van der Waals surface area contributed by atoms with E-state index in [9.17, 15) is 0 Å². The first-order valence-corrected chi connectivity index (χ1v) is 10.0. The zero-order valence-electron chi connectivity index (χ0n) is 14.5. The van der Waals surface area contributed by atoms with Gasteiger partial charge in [0.2, 0.25) is 0 Å². The number of hydrogen-bond donors (Lipinski definition) is 0. The Morgan fingerprint density at radius 3 is 1.29 bits per heavy atom. The van der Waals surface area contributed by atoms with E-state index in [0.29, 0.717) is 0 Å². The second kappa shape index (κ2) is 4.86. The van der Waals surface area contributed by atoms with Crippen molar-refractivity contribution in [1.29, 1.82) is 0 Å². The van der Waals surface area contributed by atoms with Crippen LogP contribution in [-0.4, -0.2) is 0 Å². The van der Waals surface area contributed by atoms with Gasteiger partial charge in [-0.05, 0) is 59.4 Å². The lowest BCUT2D eigenvalue weighted by atomic mass is 9.82. The van der Waals surface area contributed by atoms with Crippen LogP contribution in [0.2, 0.25) is 0 Å². The minimum absolute atomic E-state index is 0.0646. The summed E-state index contributed by atoms with van der Waals surface area (Å²) in [5.74, 6) is 0. The maximum Gasteiger partial charge on any atom is 0.0615 e. The van der Waals surface area contributed by atoms with E-state index in [4.69, 9.17) is 0 Å². The van der Waals surface area contributed by atoms with Crippen LogP contribution in [0.15, 0.2) is 69.6 Å². The molecule has 4 rings (SSSR count). The number of allylic oxidation sites excluding steroid dienone is 1. The smallest absolute Gasteiger partial charge is 0.0615 e. The molecular weight excluding hydrogens is 424 g/mol. The Morgan fingerprint density at radius 1 is 0.667 bits per heavy atom. The maximum atomic E-state index is 3.79. The van der Waals surface area contributed by atoms with Crippen molar-refractivity contribution < 1.29 is 0 Å². The van der Waals surface area contributed by atoms with Crippen LogP contribution in [0.3, 0.4) is 0 Å². The van der Waals surface area contributed by atoms with E-state index in [2.05, 4.69) is 120 Å². The third kappa shape index (κ3) is 1.52. The van der Waals surface area contributed by atoms with E-state index in [1.54, 1.807) is 0 Å². The van der Waals surface area contributed by atoms with Gasteiger partial charge in [0.1, 0.15) is 0 Å². The highest BCUT2D eigenvalue weighted by Crippen LogP contribution is 3.00. The van der Waals surface area contributed by atoms with E-state index in [0.717, 1.165) is 3.39 Å². The van der Waals surface area contributed by atoms with E-state index in [1.165, 1.54) is 16.7 Å². The molecule has 2 aliphatic carbocycles. The molecule has 0 aliphatic heterocycles. The molecule has 124 valence electrons. The Balaban J connectivity index is 2.10. The molecule has 0 radical (unpaired) electrons. The molecule has 2 aromatic carbocycles. The molecule has 24 heavy (non-hydrogen) atoms. The highest BCUT2D eigenvalue weighted by Gasteiger charge is 2.97. The molecule has 0 saturated heterocycles. The normalized spacial score (nSPS) is 23.8. The van der Waals surface area contributed by atoms with E-state index >= 15 is 0 Å². The summed E-state index contributed by atoms with van der Waals surface area (Å²) in [6.45, 7) is 9.68. The Hall–Kier alpha value is -0.860. The first-order chi connectivity index (χ1) is 11.3. The van der Waals surface area contributed by atoms with Crippen LogP contribution < -0.4 is 0 Å². The predicted octanol–water partition coefficient (Wildman–Crippen LogP) is 7.04. The molecule has 0 N–H and O–H groups in total. The van der Waals surface area contributed by atoms with E-state index < -0.39 is 0 Å². The summed E-state index contributed by atoms with van der Waals surface area (Å²) in [7, 11) is 0. The molecule has 0 atom stereocenters. The highest BCUT2D eigenvalue weighted by molar-refractivity contribution is 9.28. The monoisotopic (exact) mass is 444 g/mol. The molecule has 0 heterocycles. The molecule has 2 aliphatic rings. The van der Waals surface area contributed by atoms with Gasteiger partial charge < -0.3 is 0 Å². The Labute approximate surface area is 161 Å². The van der Waals surface area contributed by atoms with Gasteiger partial charge in [0, 0.05) is 5.41 Å². The van der Waals surface area contributed by atoms with Crippen LogP contribution in [0, 0.1) is 16.2 Å². The lowest BCUT2D eigenvalue weighted by Gasteiger charge is -2.20. The predicted molar refractivity (Wildman–Crippen MR) is 109 cm³/mol. The van der Waals surface area contributed by atoms with Gasteiger partial charge in [-0.1, -0.05) is 88.4 Å². The second-order valence-corrected chi connectivity index (χ2v) is 10.8. The van der Waals surface area contributed by atoms with Crippen molar-refractivity contribution in [2.75, 3.05) is 0 Å². The van der Waals surface area contributed by atoms with Crippen molar-refractivity contribution in [2.45, 2.75) is 33.1 Å². The first kappa shape index (κ1) is 16.6. The average molecular weight is 446 g/mol. The van der Waals surface area contributed by atoms with Crippen molar-refractivity contribution >= 4 is 31.9 Å². The Morgan fingerprint density at radius 2 is 1.04 bits per heavy atom. The standard InChI is InChI=1S/C22H22Br2/c1-19(2)20(3,4)22(19)17(18(23)24)21(22,15-11-7-5-8-12-15)16-13-9-6-10-14-16/h5-14H,1-4H3. The van der Waals surface area contributed by atoms with Crippen LogP contribution in [0.4, 0.5) is 0 Å². The topological polar surface area (TPSA) is 0 Å². The molecular formula is C22H22Br2. The van der Waals surface area contributed by atoms with Crippen LogP contribution >= 0.6 is 31.9 Å². The third-order valence-corrected chi connectivity index (χ3v) is 8.02. The van der Waals surface area contributed by atoms with Gasteiger partial charge in [-0.2, -0.15) is 0 Å². The summed E-state index contributed by atoms with van der Waals surface area (Å²) in [6, 6.07) is 22.0. The molecule has 0 nitrogen and oxygen atoms in total.